The van der Waals surface area contributed by atoms with E-state index in [0.29, 0.717) is 24.1 Å². The van der Waals surface area contributed by atoms with Gasteiger partial charge in [-0.15, -0.1) is 0 Å². The van der Waals surface area contributed by atoms with Crippen LogP contribution in [0.1, 0.15) is 60.8 Å². The van der Waals surface area contributed by atoms with Crippen molar-refractivity contribution in [3.63, 3.8) is 0 Å². The van der Waals surface area contributed by atoms with E-state index in [1.54, 1.807) is 6.07 Å². The summed E-state index contributed by atoms with van der Waals surface area (Å²) >= 11 is 3.53. The second-order valence-electron chi connectivity index (χ2n) is 7.26. The van der Waals surface area contributed by atoms with Crippen LogP contribution < -0.4 is 5.32 Å². The van der Waals surface area contributed by atoms with Gasteiger partial charge >= 0.3 is 0 Å². The van der Waals surface area contributed by atoms with E-state index in [1.165, 1.54) is 12.8 Å². The summed E-state index contributed by atoms with van der Waals surface area (Å²) in [7, 11) is 0. The first-order chi connectivity index (χ1) is 11.9. The van der Waals surface area contributed by atoms with Crippen LogP contribution in [0.25, 0.3) is 0 Å². The number of nitrogens with zero attached hydrogens (tertiary/aromatic N) is 2. The van der Waals surface area contributed by atoms with Crippen LogP contribution in [0, 0.1) is 25.7 Å². The predicted octanol–water partition coefficient (Wildman–Crippen LogP) is 4.46. The third kappa shape index (κ3) is 3.84. The average Bonchev–Trinajstić information content (AvgIpc) is 3.13. The fourth-order valence-corrected chi connectivity index (χ4v) is 3.87. The number of aromatic nitrogens is 2. The van der Waals surface area contributed by atoms with E-state index in [0.717, 1.165) is 28.0 Å². The van der Waals surface area contributed by atoms with Crippen LogP contribution in [-0.4, -0.2) is 21.7 Å². The summed E-state index contributed by atoms with van der Waals surface area (Å²) in [6.07, 6.45) is 3.47. The van der Waals surface area contributed by atoms with Crippen molar-refractivity contribution in [2.75, 3.05) is 0 Å². The van der Waals surface area contributed by atoms with Crippen LogP contribution in [0.3, 0.4) is 0 Å². The fourth-order valence-electron chi connectivity index (χ4n) is 3.59. The fraction of sp³-hybridized carbons (Fsp3) is 0.579. The Morgan fingerprint density at radius 2 is 2.12 bits per heavy atom. The van der Waals surface area contributed by atoms with Gasteiger partial charge in [-0.2, -0.15) is 5.10 Å². The van der Waals surface area contributed by atoms with Gasteiger partial charge in [0.1, 0.15) is 5.76 Å². The highest BCUT2D eigenvalue weighted by atomic mass is 79.9. The standard InChI is InChI=1S/C19H26BrN3O2/c1-11-6-5-7-16(12(11)2)21-19(24)17-9-8-15(25-17)10-23-14(4)18(20)13(3)22-23/h8-9,11-12,16H,5-7,10H2,1-4H3,(H,21,24)/t11-,12+,16-/m1/s1. The summed E-state index contributed by atoms with van der Waals surface area (Å²) in [6, 6.07) is 3.84. The van der Waals surface area contributed by atoms with Gasteiger partial charge < -0.3 is 9.73 Å². The number of hydrogen-bond acceptors (Lipinski definition) is 3. The zero-order chi connectivity index (χ0) is 18.1. The van der Waals surface area contributed by atoms with E-state index < -0.39 is 0 Å². The Balaban J connectivity index is 1.66. The van der Waals surface area contributed by atoms with Crippen molar-refractivity contribution in [1.29, 1.82) is 0 Å². The SMILES string of the molecule is Cc1nn(Cc2ccc(C(=O)N[C@@H]3CCC[C@@H](C)[C@@H]3C)o2)c(C)c1Br. The molecule has 0 aliphatic heterocycles. The molecule has 3 rings (SSSR count). The van der Waals surface area contributed by atoms with Gasteiger partial charge in [-0.05, 0) is 60.2 Å². The molecular weight excluding hydrogens is 382 g/mol. The van der Waals surface area contributed by atoms with Gasteiger partial charge in [-0.25, -0.2) is 0 Å². The molecule has 1 saturated carbocycles. The molecule has 0 bridgehead atoms. The highest BCUT2D eigenvalue weighted by molar-refractivity contribution is 9.10. The van der Waals surface area contributed by atoms with Crippen LogP contribution >= 0.6 is 15.9 Å². The van der Waals surface area contributed by atoms with Crippen molar-refractivity contribution in [3.05, 3.63) is 39.5 Å². The number of furan rings is 1. The number of aryl methyl sites for hydroxylation is 1. The number of carbonyl (C=O) groups is 1. The third-order valence-corrected chi connectivity index (χ3v) is 6.66. The Morgan fingerprint density at radius 1 is 1.36 bits per heavy atom. The molecule has 1 aliphatic rings. The van der Waals surface area contributed by atoms with Crippen LogP contribution in [0.15, 0.2) is 21.0 Å². The zero-order valence-corrected chi connectivity index (χ0v) is 16.9. The summed E-state index contributed by atoms with van der Waals surface area (Å²) in [5.41, 5.74) is 1.99. The lowest BCUT2D eigenvalue weighted by Gasteiger charge is -2.34. The first-order valence-electron chi connectivity index (χ1n) is 8.96. The molecule has 0 radical (unpaired) electrons. The van der Waals surface area contributed by atoms with E-state index in [-0.39, 0.29) is 11.9 Å². The maximum Gasteiger partial charge on any atom is 0.287 e. The number of amides is 1. The molecule has 1 aliphatic carbocycles. The van der Waals surface area contributed by atoms with E-state index in [1.807, 2.05) is 24.6 Å². The second kappa shape index (κ2) is 7.36. The molecule has 136 valence electrons. The molecule has 25 heavy (non-hydrogen) atoms. The largest absolute Gasteiger partial charge is 0.454 e. The molecule has 1 fully saturated rings. The minimum Gasteiger partial charge on any atom is -0.454 e. The molecule has 2 aromatic heterocycles. The Kier molecular flexibility index (Phi) is 5.37. The molecule has 1 N–H and O–H groups in total. The van der Waals surface area contributed by atoms with Gasteiger partial charge in [0.25, 0.3) is 5.91 Å². The number of halogens is 1. The zero-order valence-electron chi connectivity index (χ0n) is 15.3. The molecule has 6 heteroatoms. The van der Waals surface area contributed by atoms with Crippen molar-refractivity contribution in [1.82, 2.24) is 15.1 Å². The number of hydrogen-bond donors (Lipinski definition) is 1. The minimum atomic E-state index is -0.119. The highest BCUT2D eigenvalue weighted by Gasteiger charge is 2.29. The Labute approximate surface area is 157 Å². The Bertz CT molecular complexity index is 765. The van der Waals surface area contributed by atoms with Crippen molar-refractivity contribution < 1.29 is 9.21 Å². The molecule has 3 atom stereocenters. The van der Waals surface area contributed by atoms with E-state index in [2.05, 4.69) is 40.2 Å². The number of nitrogens with one attached hydrogen (secondary N) is 1. The van der Waals surface area contributed by atoms with Crippen LogP contribution in [0.5, 0.6) is 0 Å². The normalized spacial score (nSPS) is 23.6. The summed E-state index contributed by atoms with van der Waals surface area (Å²) < 4.78 is 8.66. The Hall–Kier alpha value is -1.56. The molecule has 0 saturated heterocycles. The average molecular weight is 408 g/mol. The summed E-state index contributed by atoms with van der Waals surface area (Å²) in [4.78, 5) is 12.5. The van der Waals surface area contributed by atoms with Gasteiger partial charge in [-0.1, -0.05) is 26.7 Å². The lowest BCUT2D eigenvalue weighted by Crippen LogP contribution is -2.43. The van der Waals surface area contributed by atoms with Crippen LogP contribution in [0.2, 0.25) is 0 Å². The quantitative estimate of drug-likeness (QED) is 0.813. The molecule has 5 nitrogen and oxygen atoms in total. The highest BCUT2D eigenvalue weighted by Crippen LogP contribution is 2.29. The number of carbonyl (C=O) groups excluding carboxylic acids is 1. The van der Waals surface area contributed by atoms with Crippen molar-refractivity contribution in [2.24, 2.45) is 11.8 Å². The molecule has 0 spiro atoms. The van der Waals surface area contributed by atoms with Crippen molar-refractivity contribution in [3.8, 4) is 0 Å². The first-order valence-corrected chi connectivity index (χ1v) is 9.75. The van der Waals surface area contributed by atoms with Crippen molar-refractivity contribution >= 4 is 21.8 Å². The summed E-state index contributed by atoms with van der Waals surface area (Å²) in [5, 5.41) is 7.63. The molecule has 2 heterocycles. The second-order valence-corrected chi connectivity index (χ2v) is 8.05. The molecular formula is C19H26BrN3O2. The first kappa shape index (κ1) is 18.2. The smallest absolute Gasteiger partial charge is 0.287 e. The molecule has 0 unspecified atom stereocenters. The van der Waals surface area contributed by atoms with Crippen LogP contribution in [-0.2, 0) is 6.54 Å². The topological polar surface area (TPSA) is 60.1 Å². The Morgan fingerprint density at radius 3 is 2.80 bits per heavy atom. The molecule has 2 aromatic rings. The van der Waals surface area contributed by atoms with E-state index in [9.17, 15) is 4.79 Å². The van der Waals surface area contributed by atoms with Gasteiger partial charge in [0.15, 0.2) is 5.76 Å². The predicted molar refractivity (Wildman–Crippen MR) is 101 cm³/mol. The van der Waals surface area contributed by atoms with Gasteiger partial charge in [-0.3, -0.25) is 9.48 Å². The third-order valence-electron chi connectivity index (χ3n) is 5.51. The summed E-state index contributed by atoms with van der Waals surface area (Å²) in [5.74, 6) is 2.14. The van der Waals surface area contributed by atoms with E-state index >= 15 is 0 Å². The molecule has 0 aromatic carbocycles. The monoisotopic (exact) mass is 407 g/mol. The maximum absolute atomic E-state index is 12.5. The molecule has 1 amide bonds. The lowest BCUT2D eigenvalue weighted by molar-refractivity contribution is 0.0861. The lowest BCUT2D eigenvalue weighted by atomic mass is 9.78. The number of rotatable bonds is 4. The summed E-state index contributed by atoms with van der Waals surface area (Å²) in [6.45, 7) is 8.97. The van der Waals surface area contributed by atoms with Crippen LogP contribution in [0.4, 0.5) is 0 Å². The minimum absolute atomic E-state index is 0.119. The van der Waals surface area contributed by atoms with Gasteiger partial charge in [0.05, 0.1) is 22.4 Å². The van der Waals surface area contributed by atoms with Gasteiger partial charge in [0, 0.05) is 6.04 Å². The maximum atomic E-state index is 12.5. The van der Waals surface area contributed by atoms with E-state index in [4.69, 9.17) is 4.42 Å². The van der Waals surface area contributed by atoms with Gasteiger partial charge in [0.2, 0.25) is 0 Å². The van der Waals surface area contributed by atoms with Crippen molar-refractivity contribution in [2.45, 2.75) is 59.5 Å².